The van der Waals surface area contributed by atoms with Crippen LogP contribution in [0.2, 0.25) is 0 Å². The lowest BCUT2D eigenvalue weighted by Gasteiger charge is -2.09. The van der Waals surface area contributed by atoms with Gasteiger partial charge in [0, 0.05) is 23.9 Å². The minimum absolute atomic E-state index is 0.143. The van der Waals surface area contributed by atoms with Gasteiger partial charge in [-0.2, -0.15) is 5.10 Å². The van der Waals surface area contributed by atoms with Crippen LogP contribution >= 0.6 is 11.8 Å². The van der Waals surface area contributed by atoms with E-state index >= 15 is 0 Å². The van der Waals surface area contributed by atoms with Crippen LogP contribution in [0.5, 0.6) is 11.5 Å². The van der Waals surface area contributed by atoms with Crippen molar-refractivity contribution in [1.82, 2.24) is 15.1 Å². The molecule has 0 aliphatic heterocycles. The highest BCUT2D eigenvalue weighted by molar-refractivity contribution is 7.98. The van der Waals surface area contributed by atoms with Gasteiger partial charge in [0.2, 0.25) is 0 Å². The Kier molecular flexibility index (Phi) is 5.53. The Labute approximate surface area is 173 Å². The van der Waals surface area contributed by atoms with Crippen molar-refractivity contribution in [3.8, 4) is 11.5 Å². The molecule has 1 heterocycles. The highest BCUT2D eigenvalue weighted by Gasteiger charge is 2.15. The number of carbonyl (C=O) groups excluding carboxylic acids is 1. The second-order valence-electron chi connectivity index (χ2n) is 6.59. The first kappa shape index (κ1) is 19.1. The maximum Gasteiger partial charge on any atom is 0.270 e. The number of hydrogen-bond acceptors (Lipinski definition) is 4. The predicted molar refractivity (Wildman–Crippen MR) is 117 cm³/mol. The number of amides is 1. The molecule has 4 rings (SSSR count). The Bertz CT molecular complexity index is 1140. The van der Waals surface area contributed by atoms with Crippen LogP contribution in [0.4, 0.5) is 0 Å². The second-order valence-corrected chi connectivity index (χ2v) is 7.47. The molecule has 0 fully saturated rings. The van der Waals surface area contributed by atoms with Crippen LogP contribution in [0.1, 0.15) is 16.1 Å². The summed E-state index contributed by atoms with van der Waals surface area (Å²) < 4.78 is 7.50. The van der Waals surface area contributed by atoms with Crippen LogP contribution in [0, 0.1) is 0 Å². The van der Waals surface area contributed by atoms with Crippen molar-refractivity contribution in [3.05, 3.63) is 84.1 Å². The van der Waals surface area contributed by atoms with E-state index in [9.17, 15) is 4.79 Å². The number of aryl methyl sites for hydroxylation is 1. The Hall–Kier alpha value is -3.25. The smallest absolute Gasteiger partial charge is 0.270 e. The van der Waals surface area contributed by atoms with E-state index in [4.69, 9.17) is 4.74 Å². The predicted octanol–water partition coefficient (Wildman–Crippen LogP) is 5.02. The molecule has 146 valence electrons. The maximum absolute atomic E-state index is 12.7. The molecule has 0 radical (unpaired) electrons. The fourth-order valence-corrected chi connectivity index (χ4v) is 3.55. The summed E-state index contributed by atoms with van der Waals surface area (Å²) in [6.07, 6.45) is 2.05. The molecule has 1 amide bonds. The fraction of sp³-hybridized carbons (Fsp3) is 0.130. The zero-order valence-corrected chi connectivity index (χ0v) is 17.1. The molecule has 5 nitrogen and oxygen atoms in total. The summed E-state index contributed by atoms with van der Waals surface area (Å²) in [6, 6.07) is 23.3. The van der Waals surface area contributed by atoms with E-state index in [1.165, 1.54) is 4.90 Å². The van der Waals surface area contributed by atoms with Gasteiger partial charge in [0.15, 0.2) is 0 Å². The minimum Gasteiger partial charge on any atom is -0.457 e. The van der Waals surface area contributed by atoms with Gasteiger partial charge in [-0.25, -0.2) is 0 Å². The molecular weight excluding hydrogens is 382 g/mol. The monoisotopic (exact) mass is 403 g/mol. The van der Waals surface area contributed by atoms with Gasteiger partial charge in [-0.15, -0.1) is 11.8 Å². The van der Waals surface area contributed by atoms with Gasteiger partial charge in [-0.3, -0.25) is 9.48 Å². The molecule has 0 saturated carbocycles. The minimum atomic E-state index is -0.143. The van der Waals surface area contributed by atoms with E-state index in [0.29, 0.717) is 12.2 Å². The van der Waals surface area contributed by atoms with Crippen molar-refractivity contribution in [2.75, 3.05) is 6.26 Å². The lowest BCUT2D eigenvalue weighted by molar-refractivity contribution is 0.0943. The molecule has 0 aliphatic carbocycles. The van der Waals surface area contributed by atoms with Gasteiger partial charge in [0.05, 0.1) is 5.52 Å². The molecule has 1 N–H and O–H groups in total. The Morgan fingerprint density at radius 2 is 1.66 bits per heavy atom. The second kappa shape index (κ2) is 8.41. The third-order valence-electron chi connectivity index (χ3n) is 4.63. The molecule has 0 spiro atoms. The van der Waals surface area contributed by atoms with Crippen molar-refractivity contribution in [3.63, 3.8) is 0 Å². The molecule has 6 heteroatoms. The summed E-state index contributed by atoms with van der Waals surface area (Å²) in [5, 5.41) is 8.21. The molecule has 0 aliphatic rings. The number of fused-ring (bicyclic) bond motifs is 1. The molecule has 0 atom stereocenters. The number of benzene rings is 3. The zero-order chi connectivity index (χ0) is 20.2. The van der Waals surface area contributed by atoms with Crippen LogP contribution in [-0.4, -0.2) is 21.9 Å². The SMILES string of the molecule is CSc1ccc(Oc2ccc(CNC(=O)c3c4ccccc4nn3C)cc2)cc1. The number of nitrogens with one attached hydrogen (secondary N) is 1. The fourth-order valence-electron chi connectivity index (χ4n) is 3.14. The number of thioether (sulfide) groups is 1. The lowest BCUT2D eigenvalue weighted by atomic mass is 10.2. The Morgan fingerprint density at radius 1 is 1.00 bits per heavy atom. The summed E-state index contributed by atoms with van der Waals surface area (Å²) >= 11 is 1.70. The molecule has 1 aromatic heterocycles. The van der Waals surface area contributed by atoms with E-state index in [-0.39, 0.29) is 5.91 Å². The summed E-state index contributed by atoms with van der Waals surface area (Å²) in [4.78, 5) is 13.9. The first-order valence-corrected chi connectivity index (χ1v) is 10.5. The number of aromatic nitrogens is 2. The highest BCUT2D eigenvalue weighted by Crippen LogP contribution is 2.24. The van der Waals surface area contributed by atoms with E-state index in [1.54, 1.807) is 23.5 Å². The molecule has 3 aromatic carbocycles. The van der Waals surface area contributed by atoms with Crippen LogP contribution in [0.25, 0.3) is 10.9 Å². The van der Waals surface area contributed by atoms with Crippen molar-refractivity contribution >= 4 is 28.6 Å². The normalized spacial score (nSPS) is 10.8. The summed E-state index contributed by atoms with van der Waals surface area (Å²) in [7, 11) is 1.78. The van der Waals surface area contributed by atoms with Gasteiger partial charge in [0.1, 0.15) is 17.2 Å². The standard InChI is InChI=1S/C23H21N3O2S/c1-26-22(20-5-3-4-6-21(20)25-26)23(27)24-15-16-7-9-17(10-8-16)28-18-11-13-19(29-2)14-12-18/h3-14H,15H2,1-2H3,(H,24,27). The Balaban J connectivity index is 1.39. The van der Waals surface area contributed by atoms with Crippen LogP contribution < -0.4 is 10.1 Å². The molecule has 0 bridgehead atoms. The largest absolute Gasteiger partial charge is 0.457 e. The van der Waals surface area contributed by atoms with Crippen molar-refractivity contribution < 1.29 is 9.53 Å². The van der Waals surface area contributed by atoms with E-state index < -0.39 is 0 Å². The average molecular weight is 404 g/mol. The average Bonchev–Trinajstić information content (AvgIpc) is 3.09. The van der Waals surface area contributed by atoms with Crippen LogP contribution in [-0.2, 0) is 13.6 Å². The topological polar surface area (TPSA) is 56.1 Å². The van der Waals surface area contributed by atoms with Crippen molar-refractivity contribution in [1.29, 1.82) is 0 Å². The maximum atomic E-state index is 12.7. The number of ether oxygens (including phenoxy) is 1. The third kappa shape index (κ3) is 4.27. The van der Waals surface area contributed by atoms with E-state index in [2.05, 4.69) is 10.4 Å². The number of nitrogens with zero attached hydrogens (tertiary/aromatic N) is 2. The quantitative estimate of drug-likeness (QED) is 0.460. The van der Waals surface area contributed by atoms with E-state index in [0.717, 1.165) is 28.0 Å². The number of carbonyl (C=O) groups is 1. The third-order valence-corrected chi connectivity index (χ3v) is 5.37. The van der Waals surface area contributed by atoms with Crippen LogP contribution in [0.3, 0.4) is 0 Å². The molecular formula is C23H21N3O2S. The highest BCUT2D eigenvalue weighted by atomic mass is 32.2. The van der Waals surface area contributed by atoms with E-state index in [1.807, 2.05) is 79.1 Å². The molecule has 0 unspecified atom stereocenters. The molecule has 29 heavy (non-hydrogen) atoms. The summed E-state index contributed by atoms with van der Waals surface area (Å²) in [5.74, 6) is 1.41. The number of hydrogen-bond donors (Lipinski definition) is 1. The van der Waals surface area contributed by atoms with Crippen molar-refractivity contribution in [2.45, 2.75) is 11.4 Å². The summed E-state index contributed by atoms with van der Waals surface area (Å²) in [5.41, 5.74) is 2.37. The van der Waals surface area contributed by atoms with Gasteiger partial charge < -0.3 is 10.1 Å². The van der Waals surface area contributed by atoms with Gasteiger partial charge in [-0.1, -0.05) is 30.3 Å². The van der Waals surface area contributed by atoms with Crippen molar-refractivity contribution in [2.24, 2.45) is 7.05 Å². The van der Waals surface area contributed by atoms with Gasteiger partial charge in [-0.05, 0) is 54.3 Å². The summed E-state index contributed by atoms with van der Waals surface area (Å²) in [6.45, 7) is 0.432. The van der Waals surface area contributed by atoms with Gasteiger partial charge in [0.25, 0.3) is 5.91 Å². The number of rotatable bonds is 6. The Morgan fingerprint density at radius 3 is 2.34 bits per heavy atom. The first-order valence-electron chi connectivity index (χ1n) is 9.25. The molecule has 4 aromatic rings. The van der Waals surface area contributed by atoms with Gasteiger partial charge >= 0.3 is 0 Å². The van der Waals surface area contributed by atoms with Crippen LogP contribution in [0.15, 0.2) is 77.7 Å². The molecule has 0 saturated heterocycles. The zero-order valence-electron chi connectivity index (χ0n) is 16.3. The lowest BCUT2D eigenvalue weighted by Crippen LogP contribution is -2.25. The first-order chi connectivity index (χ1) is 14.1.